The molecule has 5 nitrogen and oxygen atoms in total. The van der Waals surface area contributed by atoms with E-state index >= 15 is 0 Å². The van der Waals surface area contributed by atoms with Gasteiger partial charge in [0.25, 0.3) is 0 Å². The molecule has 5 heteroatoms. The van der Waals surface area contributed by atoms with Crippen molar-refractivity contribution >= 4 is 0 Å². The molecule has 1 aromatic heterocycles. The molecule has 102 valence electrons. The highest BCUT2D eigenvalue weighted by Gasteiger charge is 2.09. The molecule has 2 N–H and O–H groups in total. The quantitative estimate of drug-likeness (QED) is 0.853. The predicted octanol–water partition coefficient (Wildman–Crippen LogP) is 0.737. The van der Waals surface area contributed by atoms with Gasteiger partial charge in [0.05, 0.1) is 11.8 Å². The number of imidazole rings is 1. The molecule has 1 unspecified atom stereocenters. The Hall–Kier alpha value is -1.85. The first-order valence-electron chi connectivity index (χ1n) is 6.22. The van der Waals surface area contributed by atoms with Crippen LogP contribution in [-0.2, 0) is 7.05 Å². The molecule has 0 spiro atoms. The fourth-order valence-corrected chi connectivity index (χ4v) is 2.17. The molecule has 19 heavy (non-hydrogen) atoms. The number of nitrogens with zero attached hydrogens (tertiary/aromatic N) is 2. The maximum absolute atomic E-state index is 12.0. The van der Waals surface area contributed by atoms with Crippen molar-refractivity contribution in [2.24, 2.45) is 7.05 Å². The van der Waals surface area contributed by atoms with Crippen molar-refractivity contribution in [3.8, 4) is 5.69 Å². The lowest BCUT2D eigenvalue weighted by Gasteiger charge is -2.11. The molecule has 0 bridgehead atoms. The SMILES string of the molecule is CNCC(O)c1ccc(-n2c(C)cn(C)c2=O)cc1. The number of aromatic nitrogens is 2. The summed E-state index contributed by atoms with van der Waals surface area (Å²) in [5.41, 5.74) is 2.46. The van der Waals surface area contributed by atoms with Gasteiger partial charge in [0, 0.05) is 25.5 Å². The van der Waals surface area contributed by atoms with E-state index < -0.39 is 6.10 Å². The Bertz CT molecular complexity index is 611. The van der Waals surface area contributed by atoms with Crippen LogP contribution in [0.4, 0.5) is 0 Å². The zero-order chi connectivity index (χ0) is 14.0. The predicted molar refractivity (Wildman–Crippen MR) is 74.6 cm³/mol. The number of hydrogen-bond acceptors (Lipinski definition) is 3. The first-order valence-corrected chi connectivity index (χ1v) is 6.22. The highest BCUT2D eigenvalue weighted by atomic mass is 16.3. The molecule has 0 saturated heterocycles. The van der Waals surface area contributed by atoms with E-state index in [2.05, 4.69) is 5.32 Å². The van der Waals surface area contributed by atoms with Crippen molar-refractivity contribution in [1.82, 2.24) is 14.5 Å². The van der Waals surface area contributed by atoms with Gasteiger partial charge in [-0.1, -0.05) is 12.1 Å². The van der Waals surface area contributed by atoms with Crippen molar-refractivity contribution in [3.63, 3.8) is 0 Å². The number of hydrogen-bond donors (Lipinski definition) is 2. The van der Waals surface area contributed by atoms with Crippen LogP contribution in [0.15, 0.2) is 35.3 Å². The van der Waals surface area contributed by atoms with Crippen molar-refractivity contribution in [3.05, 3.63) is 52.2 Å². The van der Waals surface area contributed by atoms with Gasteiger partial charge in [0.15, 0.2) is 0 Å². The summed E-state index contributed by atoms with van der Waals surface area (Å²) in [6.07, 6.45) is 1.26. The van der Waals surface area contributed by atoms with E-state index in [9.17, 15) is 9.90 Å². The van der Waals surface area contributed by atoms with Gasteiger partial charge in [-0.3, -0.25) is 4.57 Å². The van der Waals surface area contributed by atoms with Crippen LogP contribution in [0.5, 0.6) is 0 Å². The number of aryl methyl sites for hydroxylation is 2. The van der Waals surface area contributed by atoms with E-state index in [1.807, 2.05) is 31.2 Å². The van der Waals surface area contributed by atoms with Crippen LogP contribution in [0.2, 0.25) is 0 Å². The number of nitrogens with one attached hydrogen (secondary N) is 1. The summed E-state index contributed by atoms with van der Waals surface area (Å²) < 4.78 is 3.20. The summed E-state index contributed by atoms with van der Waals surface area (Å²) in [5.74, 6) is 0. The van der Waals surface area contributed by atoms with E-state index in [0.29, 0.717) is 6.54 Å². The molecule has 0 aliphatic rings. The number of likely N-dealkylation sites (N-methyl/N-ethyl adjacent to an activating group) is 1. The van der Waals surface area contributed by atoms with Crippen LogP contribution in [0, 0.1) is 6.92 Å². The van der Waals surface area contributed by atoms with Crippen LogP contribution in [0.25, 0.3) is 5.69 Å². The Morgan fingerprint density at radius 3 is 2.42 bits per heavy atom. The van der Waals surface area contributed by atoms with E-state index in [1.165, 1.54) is 0 Å². The van der Waals surface area contributed by atoms with Gasteiger partial charge in [0.2, 0.25) is 0 Å². The molecule has 1 heterocycles. The Kier molecular flexibility index (Phi) is 3.87. The van der Waals surface area contributed by atoms with Crippen LogP contribution in [-0.4, -0.2) is 27.8 Å². The third-order valence-corrected chi connectivity index (χ3v) is 3.16. The molecule has 0 fully saturated rings. The van der Waals surface area contributed by atoms with Crippen molar-refractivity contribution < 1.29 is 5.11 Å². The minimum atomic E-state index is -0.535. The fourth-order valence-electron chi connectivity index (χ4n) is 2.17. The minimum absolute atomic E-state index is 0.0685. The molecule has 2 aromatic rings. The number of benzene rings is 1. The Balaban J connectivity index is 2.35. The fraction of sp³-hybridized carbons (Fsp3) is 0.357. The molecule has 0 amide bonds. The molecular weight excluding hydrogens is 242 g/mol. The average Bonchev–Trinajstić information content (AvgIpc) is 2.64. The van der Waals surface area contributed by atoms with Gasteiger partial charge >= 0.3 is 5.69 Å². The zero-order valence-corrected chi connectivity index (χ0v) is 11.4. The summed E-state index contributed by atoms with van der Waals surface area (Å²) in [6.45, 7) is 2.40. The third-order valence-electron chi connectivity index (χ3n) is 3.16. The maximum Gasteiger partial charge on any atom is 0.332 e. The second-order valence-electron chi connectivity index (χ2n) is 4.66. The van der Waals surface area contributed by atoms with E-state index in [1.54, 1.807) is 29.4 Å². The molecule has 1 atom stereocenters. The smallest absolute Gasteiger partial charge is 0.332 e. The summed E-state index contributed by atoms with van der Waals surface area (Å²) in [7, 11) is 3.53. The van der Waals surface area contributed by atoms with Crippen molar-refractivity contribution in [2.75, 3.05) is 13.6 Å². The summed E-state index contributed by atoms with van der Waals surface area (Å²) in [4.78, 5) is 12.0. The second-order valence-corrected chi connectivity index (χ2v) is 4.66. The molecule has 0 saturated carbocycles. The van der Waals surface area contributed by atoms with Crippen LogP contribution >= 0.6 is 0 Å². The Labute approximate surface area is 112 Å². The van der Waals surface area contributed by atoms with E-state index in [0.717, 1.165) is 16.9 Å². The number of aliphatic hydroxyl groups excluding tert-OH is 1. The summed E-state index contributed by atoms with van der Waals surface area (Å²) >= 11 is 0. The molecule has 0 radical (unpaired) electrons. The second kappa shape index (κ2) is 5.42. The largest absolute Gasteiger partial charge is 0.387 e. The zero-order valence-electron chi connectivity index (χ0n) is 11.4. The van der Waals surface area contributed by atoms with Crippen LogP contribution in [0.1, 0.15) is 17.4 Å². The monoisotopic (exact) mass is 261 g/mol. The number of rotatable bonds is 4. The van der Waals surface area contributed by atoms with Crippen LogP contribution in [0.3, 0.4) is 0 Å². The third kappa shape index (κ3) is 2.62. The molecule has 0 aliphatic carbocycles. The van der Waals surface area contributed by atoms with Gasteiger partial charge in [-0.25, -0.2) is 4.79 Å². The number of aliphatic hydroxyl groups is 1. The van der Waals surface area contributed by atoms with Gasteiger partial charge in [-0.2, -0.15) is 0 Å². The lowest BCUT2D eigenvalue weighted by Crippen LogP contribution is -2.21. The summed E-state index contributed by atoms with van der Waals surface area (Å²) in [6, 6.07) is 7.39. The maximum atomic E-state index is 12.0. The van der Waals surface area contributed by atoms with E-state index in [-0.39, 0.29) is 5.69 Å². The van der Waals surface area contributed by atoms with Crippen molar-refractivity contribution in [2.45, 2.75) is 13.0 Å². The average molecular weight is 261 g/mol. The van der Waals surface area contributed by atoms with Gasteiger partial charge < -0.3 is 15.0 Å². The van der Waals surface area contributed by atoms with Gasteiger partial charge in [-0.05, 0) is 31.7 Å². The van der Waals surface area contributed by atoms with Crippen molar-refractivity contribution in [1.29, 1.82) is 0 Å². The summed E-state index contributed by atoms with van der Waals surface area (Å²) in [5, 5.41) is 12.8. The van der Waals surface area contributed by atoms with Gasteiger partial charge in [0.1, 0.15) is 0 Å². The highest BCUT2D eigenvalue weighted by molar-refractivity contribution is 5.37. The molecule has 2 rings (SSSR count). The van der Waals surface area contributed by atoms with E-state index in [4.69, 9.17) is 0 Å². The lowest BCUT2D eigenvalue weighted by molar-refractivity contribution is 0.178. The standard InChI is InChI=1S/C14H19N3O2/c1-10-9-16(3)14(19)17(10)12-6-4-11(5-7-12)13(18)8-15-2/h4-7,9,13,15,18H,8H2,1-3H3. The Morgan fingerprint density at radius 1 is 1.32 bits per heavy atom. The normalized spacial score (nSPS) is 12.6. The van der Waals surface area contributed by atoms with Gasteiger partial charge in [-0.15, -0.1) is 0 Å². The highest BCUT2D eigenvalue weighted by Crippen LogP contribution is 2.15. The molecular formula is C14H19N3O2. The Morgan fingerprint density at radius 2 is 1.95 bits per heavy atom. The van der Waals surface area contributed by atoms with Crippen LogP contribution < -0.4 is 11.0 Å². The first-order chi connectivity index (χ1) is 9.04. The minimum Gasteiger partial charge on any atom is -0.387 e. The topological polar surface area (TPSA) is 59.2 Å². The lowest BCUT2D eigenvalue weighted by atomic mass is 10.1. The molecule has 0 aliphatic heterocycles. The first kappa shape index (κ1) is 13.6. The molecule has 1 aromatic carbocycles.